The van der Waals surface area contributed by atoms with Crippen molar-refractivity contribution in [1.82, 2.24) is 10.6 Å². The van der Waals surface area contributed by atoms with Gasteiger partial charge >= 0.3 is 6.03 Å². The first-order valence-corrected chi connectivity index (χ1v) is 9.90. The Labute approximate surface area is 177 Å². The molecule has 0 bridgehead atoms. The Bertz CT molecular complexity index is 844. The largest absolute Gasteiger partial charge is 0.476 e. The third-order valence-electron chi connectivity index (χ3n) is 4.29. The summed E-state index contributed by atoms with van der Waals surface area (Å²) in [5, 5.41) is 23.6. The zero-order valence-electron chi connectivity index (χ0n) is 17.2. The lowest BCUT2D eigenvalue weighted by Crippen LogP contribution is -2.34. The molecule has 0 saturated carbocycles. The number of ether oxygens (including phenoxy) is 2. The van der Waals surface area contributed by atoms with Crippen LogP contribution in [0.15, 0.2) is 48.5 Å². The van der Waals surface area contributed by atoms with Crippen LogP contribution in [0.4, 0.5) is 4.79 Å². The first-order valence-electron chi connectivity index (χ1n) is 9.90. The minimum atomic E-state index is -0.489. The standard InChI is InChI=1S/C23H26N4O3/c1-3-19(13-24)29-21-9-5-7-17(11-21)15-26-23(28)27-16-18-8-6-10-22(12-18)30-20(4-2)14-25/h5-12,19-20H,3-4,15-16H2,1-2H3,(H2,26,27,28). The molecule has 156 valence electrons. The van der Waals surface area contributed by atoms with Crippen LogP contribution in [0.3, 0.4) is 0 Å². The lowest BCUT2D eigenvalue weighted by Gasteiger charge is -2.13. The van der Waals surface area contributed by atoms with Gasteiger partial charge < -0.3 is 20.1 Å². The number of rotatable bonds is 10. The smallest absolute Gasteiger partial charge is 0.315 e. The van der Waals surface area contributed by atoms with Crippen molar-refractivity contribution in [3.63, 3.8) is 0 Å². The van der Waals surface area contributed by atoms with E-state index in [0.717, 1.165) is 11.1 Å². The maximum Gasteiger partial charge on any atom is 0.315 e. The van der Waals surface area contributed by atoms with Crippen molar-refractivity contribution in [2.45, 2.75) is 52.0 Å². The van der Waals surface area contributed by atoms with E-state index in [4.69, 9.17) is 20.0 Å². The number of benzene rings is 2. The van der Waals surface area contributed by atoms with Gasteiger partial charge in [0.05, 0.1) is 0 Å². The molecule has 0 aliphatic carbocycles. The minimum absolute atomic E-state index is 0.306. The monoisotopic (exact) mass is 406 g/mol. The third kappa shape index (κ3) is 7.37. The van der Waals surface area contributed by atoms with Gasteiger partial charge in [0.2, 0.25) is 0 Å². The number of nitrogens with one attached hydrogen (secondary N) is 2. The quantitative estimate of drug-likeness (QED) is 0.619. The molecule has 2 atom stereocenters. The third-order valence-corrected chi connectivity index (χ3v) is 4.29. The maximum atomic E-state index is 12.1. The summed E-state index contributed by atoms with van der Waals surface area (Å²) < 4.78 is 11.2. The fourth-order valence-corrected chi connectivity index (χ4v) is 2.62. The topological polar surface area (TPSA) is 107 Å². The van der Waals surface area contributed by atoms with E-state index in [1.165, 1.54) is 0 Å². The summed E-state index contributed by atoms with van der Waals surface area (Å²) in [5.74, 6) is 1.20. The summed E-state index contributed by atoms with van der Waals surface area (Å²) in [4.78, 5) is 12.1. The van der Waals surface area contributed by atoms with Crippen LogP contribution in [0.5, 0.6) is 11.5 Å². The van der Waals surface area contributed by atoms with E-state index in [1.54, 1.807) is 24.3 Å². The van der Waals surface area contributed by atoms with E-state index in [-0.39, 0.29) is 6.03 Å². The highest BCUT2D eigenvalue weighted by atomic mass is 16.5. The van der Waals surface area contributed by atoms with Gasteiger partial charge in [0.25, 0.3) is 0 Å². The lowest BCUT2D eigenvalue weighted by molar-refractivity contribution is 0.239. The molecule has 2 amide bonds. The average Bonchev–Trinajstić information content (AvgIpc) is 2.78. The summed E-state index contributed by atoms with van der Waals surface area (Å²) in [6, 6.07) is 18.5. The number of nitrogens with zero attached hydrogens (tertiary/aromatic N) is 2. The zero-order valence-corrected chi connectivity index (χ0v) is 17.2. The molecular weight excluding hydrogens is 380 g/mol. The number of hydrogen-bond donors (Lipinski definition) is 2. The van der Waals surface area contributed by atoms with Gasteiger partial charge in [0.15, 0.2) is 12.2 Å². The van der Waals surface area contributed by atoms with Crippen molar-refractivity contribution in [2.75, 3.05) is 0 Å². The molecule has 2 rings (SSSR count). The molecule has 2 unspecified atom stereocenters. The van der Waals surface area contributed by atoms with Gasteiger partial charge in [-0.3, -0.25) is 0 Å². The molecule has 2 aromatic rings. The molecule has 0 spiro atoms. The highest BCUT2D eigenvalue weighted by Crippen LogP contribution is 2.17. The van der Waals surface area contributed by atoms with Crippen LogP contribution in [0.1, 0.15) is 37.8 Å². The Kier molecular flexibility index (Phi) is 9.02. The zero-order chi connectivity index (χ0) is 21.8. The average molecular weight is 406 g/mol. The number of amides is 2. The summed E-state index contributed by atoms with van der Waals surface area (Å²) >= 11 is 0. The second-order valence-corrected chi connectivity index (χ2v) is 6.62. The highest BCUT2D eigenvalue weighted by Gasteiger charge is 2.08. The fraction of sp³-hybridized carbons (Fsp3) is 0.348. The van der Waals surface area contributed by atoms with Crippen LogP contribution >= 0.6 is 0 Å². The molecule has 0 fully saturated rings. The van der Waals surface area contributed by atoms with Crippen LogP contribution < -0.4 is 20.1 Å². The first kappa shape index (κ1) is 22.6. The van der Waals surface area contributed by atoms with E-state index in [2.05, 4.69) is 22.8 Å². The van der Waals surface area contributed by atoms with Crippen molar-refractivity contribution in [3.8, 4) is 23.6 Å². The van der Waals surface area contributed by atoms with Crippen molar-refractivity contribution >= 4 is 6.03 Å². The van der Waals surface area contributed by atoms with E-state index in [0.29, 0.717) is 37.4 Å². The summed E-state index contributed by atoms with van der Waals surface area (Å²) in [5.41, 5.74) is 1.74. The van der Waals surface area contributed by atoms with Gasteiger partial charge in [-0.2, -0.15) is 10.5 Å². The van der Waals surface area contributed by atoms with Crippen LogP contribution in [0.25, 0.3) is 0 Å². The Morgan fingerprint density at radius 2 is 1.30 bits per heavy atom. The van der Waals surface area contributed by atoms with E-state index in [1.807, 2.05) is 38.1 Å². The minimum Gasteiger partial charge on any atom is -0.476 e. The Morgan fingerprint density at radius 1 is 0.867 bits per heavy atom. The summed E-state index contributed by atoms with van der Waals surface area (Å²) in [7, 11) is 0. The van der Waals surface area contributed by atoms with Crippen LogP contribution in [-0.4, -0.2) is 18.2 Å². The molecule has 7 nitrogen and oxygen atoms in total. The predicted octanol–water partition coefficient (Wildman–Crippen LogP) is 4.05. The fourth-order valence-electron chi connectivity index (χ4n) is 2.62. The van der Waals surface area contributed by atoms with Gasteiger partial charge in [0, 0.05) is 13.1 Å². The molecular formula is C23H26N4O3. The van der Waals surface area contributed by atoms with Crippen molar-refractivity contribution in [3.05, 3.63) is 59.7 Å². The Hall–Kier alpha value is -3.71. The van der Waals surface area contributed by atoms with Crippen LogP contribution in [0.2, 0.25) is 0 Å². The van der Waals surface area contributed by atoms with E-state index in [9.17, 15) is 4.79 Å². The molecule has 0 heterocycles. The Morgan fingerprint density at radius 3 is 1.67 bits per heavy atom. The van der Waals surface area contributed by atoms with Gasteiger partial charge in [-0.15, -0.1) is 0 Å². The SMILES string of the molecule is CCC(C#N)Oc1cccc(CNC(=O)NCc2cccc(OC(C#N)CC)c2)c1. The normalized spacial score (nSPS) is 12.0. The molecule has 30 heavy (non-hydrogen) atoms. The molecule has 0 aromatic heterocycles. The van der Waals surface area contributed by atoms with Gasteiger partial charge in [0.1, 0.15) is 23.6 Å². The predicted molar refractivity (Wildman–Crippen MR) is 113 cm³/mol. The van der Waals surface area contributed by atoms with E-state index < -0.39 is 12.2 Å². The summed E-state index contributed by atoms with van der Waals surface area (Å²) in [6.07, 6.45) is 0.223. The molecule has 0 aliphatic heterocycles. The Balaban J connectivity index is 1.83. The van der Waals surface area contributed by atoms with Gasteiger partial charge in [-0.05, 0) is 48.2 Å². The summed E-state index contributed by atoms with van der Waals surface area (Å²) in [6.45, 7) is 4.43. The van der Waals surface area contributed by atoms with Crippen molar-refractivity contribution in [1.29, 1.82) is 10.5 Å². The van der Waals surface area contributed by atoms with Crippen molar-refractivity contribution < 1.29 is 14.3 Å². The van der Waals surface area contributed by atoms with Gasteiger partial charge in [-0.1, -0.05) is 38.1 Å². The molecule has 2 N–H and O–H groups in total. The molecule has 0 aliphatic rings. The molecule has 0 radical (unpaired) electrons. The maximum absolute atomic E-state index is 12.1. The molecule has 0 saturated heterocycles. The van der Waals surface area contributed by atoms with E-state index >= 15 is 0 Å². The number of carbonyl (C=O) groups is 1. The number of carbonyl (C=O) groups excluding carboxylic acids is 1. The first-order chi connectivity index (χ1) is 14.6. The number of hydrogen-bond acceptors (Lipinski definition) is 5. The van der Waals surface area contributed by atoms with Crippen molar-refractivity contribution in [2.24, 2.45) is 0 Å². The van der Waals surface area contributed by atoms with Gasteiger partial charge in [-0.25, -0.2) is 4.79 Å². The van der Waals surface area contributed by atoms with Crippen LogP contribution in [0, 0.1) is 22.7 Å². The van der Waals surface area contributed by atoms with Crippen LogP contribution in [-0.2, 0) is 13.1 Å². The lowest BCUT2D eigenvalue weighted by atomic mass is 10.2. The number of nitriles is 2. The highest BCUT2D eigenvalue weighted by molar-refractivity contribution is 5.73. The molecule has 2 aromatic carbocycles. The number of urea groups is 1. The second kappa shape index (κ2) is 12.0. The molecule has 7 heteroatoms. The second-order valence-electron chi connectivity index (χ2n) is 6.62.